The average Bonchev–Trinajstić information content (AvgIpc) is 2.72. The third-order valence-electron chi connectivity index (χ3n) is 4.14. The van der Waals surface area contributed by atoms with Crippen LogP contribution < -0.4 is 10.1 Å². The van der Waals surface area contributed by atoms with E-state index in [0.717, 1.165) is 28.2 Å². The zero-order valence-corrected chi connectivity index (χ0v) is 16.4. The fourth-order valence-electron chi connectivity index (χ4n) is 2.74. The van der Waals surface area contributed by atoms with E-state index < -0.39 is 4.92 Å². The number of hydrogen-bond donors (Lipinski definition) is 1. The van der Waals surface area contributed by atoms with Gasteiger partial charge in [-0.1, -0.05) is 30.0 Å². The lowest BCUT2D eigenvalue weighted by molar-refractivity contribution is -0.384. The molecule has 0 radical (unpaired) electrons. The highest BCUT2D eigenvalue weighted by atomic mass is 32.2. The van der Waals surface area contributed by atoms with E-state index in [1.165, 1.54) is 25.3 Å². The minimum Gasteiger partial charge on any atom is -0.494 e. The maximum atomic E-state index is 12.4. The standard InChI is InChI=1S/C20H16N4O4S/c1-12-4-3-5-13-8-14(10-21)20(23-19(12)13)29-11-18(25)22-16-7-6-15(24(26)27)9-17(16)28-2/h3-9H,11H2,1-2H3,(H,22,25). The van der Waals surface area contributed by atoms with Crippen LogP contribution in [-0.4, -0.2) is 28.7 Å². The SMILES string of the molecule is COc1cc([N+](=O)[O-])ccc1NC(=O)CSc1nc2c(C)cccc2cc1C#N. The number of thioether (sulfide) groups is 1. The molecule has 0 aliphatic rings. The molecule has 1 N–H and O–H groups in total. The highest BCUT2D eigenvalue weighted by Gasteiger charge is 2.15. The maximum absolute atomic E-state index is 12.4. The molecular weight excluding hydrogens is 392 g/mol. The number of para-hydroxylation sites is 1. The van der Waals surface area contributed by atoms with Crippen LogP contribution in [0.4, 0.5) is 11.4 Å². The number of anilines is 1. The molecule has 0 aliphatic heterocycles. The summed E-state index contributed by atoms with van der Waals surface area (Å²) in [6.45, 7) is 1.93. The number of carbonyl (C=O) groups excluding carboxylic acids is 1. The van der Waals surface area contributed by atoms with E-state index in [1.54, 1.807) is 6.07 Å². The van der Waals surface area contributed by atoms with E-state index in [4.69, 9.17) is 4.74 Å². The summed E-state index contributed by atoms with van der Waals surface area (Å²) in [6, 6.07) is 13.5. The van der Waals surface area contributed by atoms with Crippen molar-refractivity contribution in [2.24, 2.45) is 0 Å². The molecule has 0 atom stereocenters. The minimum atomic E-state index is -0.541. The number of nitrogens with one attached hydrogen (secondary N) is 1. The van der Waals surface area contributed by atoms with Crippen LogP contribution in [0.5, 0.6) is 5.75 Å². The molecule has 0 saturated heterocycles. The number of aromatic nitrogens is 1. The van der Waals surface area contributed by atoms with Gasteiger partial charge in [-0.3, -0.25) is 14.9 Å². The highest BCUT2D eigenvalue weighted by Crippen LogP contribution is 2.30. The van der Waals surface area contributed by atoms with Gasteiger partial charge in [0.15, 0.2) is 0 Å². The predicted molar refractivity (Wildman–Crippen MR) is 110 cm³/mol. The number of hydrogen-bond acceptors (Lipinski definition) is 7. The number of amides is 1. The number of nitro groups is 1. The summed E-state index contributed by atoms with van der Waals surface area (Å²) in [5.41, 5.74) is 2.35. The van der Waals surface area contributed by atoms with E-state index in [0.29, 0.717) is 16.3 Å². The molecule has 146 valence electrons. The lowest BCUT2D eigenvalue weighted by atomic mass is 10.1. The average molecular weight is 408 g/mol. The number of rotatable bonds is 6. The maximum Gasteiger partial charge on any atom is 0.273 e. The van der Waals surface area contributed by atoms with Crippen molar-refractivity contribution in [1.82, 2.24) is 4.98 Å². The van der Waals surface area contributed by atoms with Crippen LogP contribution >= 0.6 is 11.8 Å². The Kier molecular flexibility index (Phi) is 5.95. The smallest absolute Gasteiger partial charge is 0.273 e. The molecule has 9 heteroatoms. The van der Waals surface area contributed by atoms with Gasteiger partial charge in [-0.15, -0.1) is 0 Å². The Morgan fingerprint density at radius 3 is 2.83 bits per heavy atom. The Hall–Kier alpha value is -3.64. The largest absolute Gasteiger partial charge is 0.494 e. The second-order valence-corrected chi connectivity index (χ2v) is 7.04. The van der Waals surface area contributed by atoms with Crippen LogP contribution in [0.25, 0.3) is 10.9 Å². The van der Waals surface area contributed by atoms with Gasteiger partial charge in [-0.25, -0.2) is 4.98 Å². The number of benzene rings is 2. The quantitative estimate of drug-likeness (QED) is 0.371. The van der Waals surface area contributed by atoms with Crippen LogP contribution in [-0.2, 0) is 4.79 Å². The van der Waals surface area contributed by atoms with Crippen molar-refractivity contribution in [1.29, 1.82) is 5.26 Å². The Bertz CT molecular complexity index is 1160. The molecule has 1 amide bonds. The summed E-state index contributed by atoms with van der Waals surface area (Å²) < 4.78 is 5.12. The number of methoxy groups -OCH3 is 1. The van der Waals surface area contributed by atoms with Gasteiger partial charge >= 0.3 is 0 Å². The van der Waals surface area contributed by atoms with Gasteiger partial charge in [-0.05, 0) is 24.6 Å². The van der Waals surface area contributed by atoms with Crippen molar-refractivity contribution in [3.8, 4) is 11.8 Å². The van der Waals surface area contributed by atoms with Gasteiger partial charge in [0, 0.05) is 11.5 Å². The van der Waals surface area contributed by atoms with E-state index in [-0.39, 0.29) is 23.1 Å². The number of fused-ring (bicyclic) bond motifs is 1. The number of nitriles is 1. The van der Waals surface area contributed by atoms with Crippen molar-refractivity contribution in [3.05, 3.63) is 63.7 Å². The summed E-state index contributed by atoms with van der Waals surface area (Å²) in [7, 11) is 1.37. The second kappa shape index (κ2) is 8.58. The molecule has 1 heterocycles. The molecule has 8 nitrogen and oxygen atoms in total. The van der Waals surface area contributed by atoms with Crippen molar-refractivity contribution in [2.45, 2.75) is 11.9 Å². The lowest BCUT2D eigenvalue weighted by Crippen LogP contribution is -2.15. The third kappa shape index (κ3) is 4.44. The number of nitrogens with zero attached hydrogens (tertiary/aromatic N) is 3. The van der Waals surface area contributed by atoms with Gasteiger partial charge in [0.1, 0.15) is 16.8 Å². The molecule has 0 saturated carbocycles. The fourth-order valence-corrected chi connectivity index (χ4v) is 3.49. The van der Waals surface area contributed by atoms with Crippen molar-refractivity contribution < 1.29 is 14.5 Å². The zero-order chi connectivity index (χ0) is 21.0. The number of non-ortho nitro benzene ring substituents is 1. The normalized spacial score (nSPS) is 10.4. The van der Waals surface area contributed by atoms with Crippen LogP contribution in [0.15, 0.2) is 47.5 Å². The van der Waals surface area contributed by atoms with Gasteiger partial charge in [0.05, 0.1) is 40.6 Å². The number of carbonyl (C=O) groups is 1. The minimum absolute atomic E-state index is 0.0131. The Labute approximate surface area is 170 Å². The molecule has 3 aromatic rings. The summed E-state index contributed by atoms with van der Waals surface area (Å²) in [5, 5.41) is 24.3. The van der Waals surface area contributed by atoms with Gasteiger partial charge in [0.25, 0.3) is 5.69 Å². The topological polar surface area (TPSA) is 118 Å². The first-order valence-electron chi connectivity index (χ1n) is 8.48. The molecule has 0 aliphatic carbocycles. The van der Waals surface area contributed by atoms with Crippen molar-refractivity contribution in [3.63, 3.8) is 0 Å². The predicted octanol–water partition coefficient (Wildman–Crippen LogP) is 4.06. The van der Waals surface area contributed by atoms with Crippen LogP contribution in [0.1, 0.15) is 11.1 Å². The molecule has 0 spiro atoms. The number of pyridine rings is 1. The Morgan fingerprint density at radius 2 is 2.14 bits per heavy atom. The summed E-state index contributed by atoms with van der Waals surface area (Å²) in [5.74, 6) is -0.147. The second-order valence-electron chi connectivity index (χ2n) is 6.08. The molecule has 0 unspecified atom stereocenters. The molecule has 3 rings (SSSR count). The fraction of sp³-hybridized carbons (Fsp3) is 0.150. The first kappa shape index (κ1) is 20.1. The molecule has 29 heavy (non-hydrogen) atoms. The number of nitro benzene ring substituents is 1. The van der Waals surface area contributed by atoms with Crippen molar-refractivity contribution >= 4 is 39.9 Å². The molecule has 0 bridgehead atoms. The monoisotopic (exact) mass is 408 g/mol. The molecular formula is C20H16N4O4S. The van der Waals surface area contributed by atoms with E-state index in [9.17, 15) is 20.2 Å². The first-order chi connectivity index (χ1) is 13.9. The number of aryl methyl sites for hydroxylation is 1. The van der Waals surface area contributed by atoms with Crippen LogP contribution in [0, 0.1) is 28.4 Å². The van der Waals surface area contributed by atoms with E-state index in [2.05, 4.69) is 16.4 Å². The van der Waals surface area contributed by atoms with Gasteiger partial charge in [0.2, 0.25) is 5.91 Å². The van der Waals surface area contributed by atoms with Gasteiger partial charge < -0.3 is 10.1 Å². The number of ether oxygens (including phenoxy) is 1. The Balaban J connectivity index is 1.77. The van der Waals surface area contributed by atoms with E-state index >= 15 is 0 Å². The van der Waals surface area contributed by atoms with Gasteiger partial charge in [-0.2, -0.15) is 5.26 Å². The molecule has 2 aromatic carbocycles. The third-order valence-corrected chi connectivity index (χ3v) is 5.13. The highest BCUT2D eigenvalue weighted by molar-refractivity contribution is 8.00. The summed E-state index contributed by atoms with van der Waals surface area (Å²) >= 11 is 1.15. The Morgan fingerprint density at radius 1 is 1.34 bits per heavy atom. The molecule has 0 fully saturated rings. The van der Waals surface area contributed by atoms with Crippen LogP contribution in [0.2, 0.25) is 0 Å². The summed E-state index contributed by atoms with van der Waals surface area (Å²) in [4.78, 5) is 27.2. The van der Waals surface area contributed by atoms with Crippen LogP contribution in [0.3, 0.4) is 0 Å². The van der Waals surface area contributed by atoms with Crippen molar-refractivity contribution in [2.75, 3.05) is 18.2 Å². The lowest BCUT2D eigenvalue weighted by Gasteiger charge is -2.10. The first-order valence-corrected chi connectivity index (χ1v) is 9.47. The summed E-state index contributed by atoms with van der Waals surface area (Å²) in [6.07, 6.45) is 0. The van der Waals surface area contributed by atoms with E-state index in [1.807, 2.05) is 25.1 Å². The zero-order valence-electron chi connectivity index (χ0n) is 15.6. The molecule has 1 aromatic heterocycles.